The second-order valence-corrected chi connectivity index (χ2v) is 8.92. The molecule has 2 heterocycles. The van der Waals surface area contributed by atoms with Crippen LogP contribution < -0.4 is 4.74 Å². The molecule has 0 radical (unpaired) electrons. The first-order valence-electron chi connectivity index (χ1n) is 10.3. The van der Waals surface area contributed by atoms with Crippen LogP contribution in [0.1, 0.15) is 41.9 Å². The van der Waals surface area contributed by atoms with E-state index >= 15 is 0 Å². The van der Waals surface area contributed by atoms with Crippen molar-refractivity contribution in [2.45, 2.75) is 51.8 Å². The Morgan fingerprint density at radius 3 is 2.71 bits per heavy atom. The third kappa shape index (κ3) is 7.17. The Hall–Kier alpha value is -1.47. The van der Waals surface area contributed by atoms with E-state index in [4.69, 9.17) is 4.74 Å². The van der Waals surface area contributed by atoms with Gasteiger partial charge in [-0.3, -0.25) is 4.90 Å². The number of aliphatic hydroxyl groups excluding tert-OH is 1. The number of hydrogen-bond acceptors (Lipinski definition) is 6. The van der Waals surface area contributed by atoms with Crippen LogP contribution in [0.3, 0.4) is 0 Å². The average Bonchev–Trinajstić information content (AvgIpc) is 2.90. The van der Waals surface area contributed by atoms with Gasteiger partial charge in [0, 0.05) is 25.0 Å². The summed E-state index contributed by atoms with van der Waals surface area (Å²) in [7, 11) is 2.10. The van der Waals surface area contributed by atoms with Crippen molar-refractivity contribution in [3.05, 3.63) is 45.9 Å². The molecule has 0 saturated carbocycles. The van der Waals surface area contributed by atoms with Crippen molar-refractivity contribution >= 4 is 11.3 Å². The number of aliphatic hydroxyl groups is 1. The number of β-amino-alcohol motifs (C(OH)–C–C–N with tert-alkyl or cyclic N) is 1. The molecule has 1 N–H and O–H groups in total. The Labute approximate surface area is 173 Å². The van der Waals surface area contributed by atoms with Crippen molar-refractivity contribution in [3.63, 3.8) is 0 Å². The van der Waals surface area contributed by atoms with Crippen LogP contribution in [-0.2, 0) is 13.1 Å². The molecule has 1 atom stereocenters. The Morgan fingerprint density at radius 1 is 1.21 bits per heavy atom. The summed E-state index contributed by atoms with van der Waals surface area (Å²) in [6.45, 7) is 6.95. The average molecular weight is 404 g/mol. The van der Waals surface area contributed by atoms with Crippen molar-refractivity contribution in [3.8, 4) is 5.75 Å². The third-order valence-electron chi connectivity index (χ3n) is 5.06. The number of benzene rings is 1. The lowest BCUT2D eigenvalue weighted by molar-refractivity contribution is 0.0693. The van der Waals surface area contributed by atoms with Gasteiger partial charge in [0.2, 0.25) is 0 Å². The maximum atomic E-state index is 10.4. The minimum absolute atomic E-state index is 0.341. The Morgan fingerprint density at radius 2 is 2.00 bits per heavy atom. The van der Waals surface area contributed by atoms with Gasteiger partial charge in [-0.2, -0.15) is 0 Å². The van der Waals surface area contributed by atoms with Gasteiger partial charge in [-0.15, -0.1) is 11.3 Å². The molecule has 1 unspecified atom stereocenters. The van der Waals surface area contributed by atoms with Gasteiger partial charge in [-0.1, -0.05) is 25.0 Å². The number of ether oxygens (including phenoxy) is 1. The predicted octanol–water partition coefficient (Wildman–Crippen LogP) is 3.70. The zero-order valence-corrected chi connectivity index (χ0v) is 18.0. The molecule has 1 fully saturated rings. The van der Waals surface area contributed by atoms with E-state index in [2.05, 4.69) is 39.3 Å². The number of nitrogens with zero attached hydrogens (tertiary/aromatic N) is 3. The van der Waals surface area contributed by atoms with Crippen molar-refractivity contribution in [2.24, 2.45) is 0 Å². The highest BCUT2D eigenvalue weighted by Crippen LogP contribution is 2.17. The minimum atomic E-state index is -0.447. The number of thiazole rings is 1. The minimum Gasteiger partial charge on any atom is -0.491 e. The molecule has 3 rings (SSSR count). The molecule has 28 heavy (non-hydrogen) atoms. The molecule has 1 saturated heterocycles. The van der Waals surface area contributed by atoms with Crippen molar-refractivity contribution < 1.29 is 9.84 Å². The van der Waals surface area contributed by atoms with Crippen LogP contribution in [0.4, 0.5) is 0 Å². The molecule has 5 nitrogen and oxygen atoms in total. The van der Waals surface area contributed by atoms with Crippen molar-refractivity contribution in [1.82, 2.24) is 14.8 Å². The molecule has 0 amide bonds. The quantitative estimate of drug-likeness (QED) is 0.692. The number of hydrogen-bond donors (Lipinski definition) is 1. The lowest BCUT2D eigenvalue weighted by atomic mass is 10.2. The molecule has 6 heteroatoms. The van der Waals surface area contributed by atoms with Gasteiger partial charge in [0.15, 0.2) is 0 Å². The largest absolute Gasteiger partial charge is 0.491 e. The first-order valence-corrected chi connectivity index (χ1v) is 11.2. The summed E-state index contributed by atoms with van der Waals surface area (Å²) < 4.78 is 5.88. The second kappa shape index (κ2) is 10.9. The molecule has 0 spiro atoms. The van der Waals surface area contributed by atoms with Gasteiger partial charge < -0.3 is 14.7 Å². The van der Waals surface area contributed by atoms with Gasteiger partial charge in [0.05, 0.1) is 10.7 Å². The van der Waals surface area contributed by atoms with E-state index in [9.17, 15) is 5.11 Å². The predicted molar refractivity (Wildman–Crippen MR) is 115 cm³/mol. The molecule has 2 aromatic rings. The zero-order valence-electron chi connectivity index (χ0n) is 17.1. The second-order valence-electron chi connectivity index (χ2n) is 7.86. The summed E-state index contributed by atoms with van der Waals surface area (Å²) in [6.07, 6.45) is 4.66. The van der Waals surface area contributed by atoms with E-state index in [1.54, 1.807) is 11.3 Å². The maximum absolute atomic E-state index is 10.4. The first kappa shape index (κ1) is 21.2. The Kier molecular flexibility index (Phi) is 8.27. The van der Waals surface area contributed by atoms with E-state index in [0.29, 0.717) is 13.2 Å². The lowest BCUT2D eigenvalue weighted by Crippen LogP contribution is -2.36. The highest BCUT2D eigenvalue weighted by molar-refractivity contribution is 7.09. The first-order chi connectivity index (χ1) is 13.6. The topological polar surface area (TPSA) is 48.8 Å². The smallest absolute Gasteiger partial charge is 0.119 e. The molecule has 154 valence electrons. The van der Waals surface area contributed by atoms with Crippen LogP contribution in [0.5, 0.6) is 5.75 Å². The van der Waals surface area contributed by atoms with E-state index in [-0.39, 0.29) is 0 Å². The highest BCUT2D eigenvalue weighted by Gasteiger charge is 2.14. The van der Waals surface area contributed by atoms with E-state index in [0.717, 1.165) is 42.6 Å². The van der Waals surface area contributed by atoms with E-state index < -0.39 is 6.10 Å². The summed E-state index contributed by atoms with van der Waals surface area (Å²) in [4.78, 5) is 9.15. The number of aromatic nitrogens is 1. The number of rotatable bonds is 9. The molecule has 0 bridgehead atoms. The van der Waals surface area contributed by atoms with Crippen LogP contribution in [0.2, 0.25) is 0 Å². The molecule has 1 aromatic heterocycles. The summed E-state index contributed by atoms with van der Waals surface area (Å²) in [5.74, 6) is 0.824. The molecule has 1 aromatic carbocycles. The monoisotopic (exact) mass is 403 g/mol. The zero-order chi connectivity index (χ0) is 19.8. The summed E-state index contributed by atoms with van der Waals surface area (Å²) in [6, 6.07) is 8.17. The molecule has 1 aliphatic heterocycles. The van der Waals surface area contributed by atoms with Gasteiger partial charge in [0.1, 0.15) is 18.5 Å². The van der Waals surface area contributed by atoms with Crippen LogP contribution in [-0.4, -0.2) is 59.3 Å². The van der Waals surface area contributed by atoms with Gasteiger partial charge in [-0.05, 0) is 57.6 Å². The fraction of sp³-hybridized carbons (Fsp3) is 0.591. The Balaban J connectivity index is 1.44. The maximum Gasteiger partial charge on any atom is 0.119 e. The third-order valence-corrected chi connectivity index (χ3v) is 5.88. The standard InChI is InChI=1S/C22H33N3O2S/c1-18-23-20(17-28-18)14-24(2)13-19-8-7-9-22(12-19)27-16-21(26)15-25-10-5-3-4-6-11-25/h7-9,12,17,21,26H,3-6,10-11,13-16H2,1-2H3. The fourth-order valence-corrected chi connectivity index (χ4v) is 4.32. The summed E-state index contributed by atoms with van der Waals surface area (Å²) in [5.41, 5.74) is 2.32. The normalized spacial score (nSPS) is 16.9. The van der Waals surface area contributed by atoms with Gasteiger partial charge >= 0.3 is 0 Å². The molecular weight excluding hydrogens is 370 g/mol. The fourth-order valence-electron chi connectivity index (χ4n) is 3.72. The number of aryl methyl sites for hydroxylation is 1. The molecular formula is C22H33N3O2S. The lowest BCUT2D eigenvalue weighted by Gasteiger charge is -2.23. The SMILES string of the molecule is Cc1nc(CN(C)Cc2cccc(OCC(O)CN3CCCCCC3)c2)cs1. The van der Waals surface area contributed by atoms with Crippen LogP contribution in [0, 0.1) is 6.92 Å². The van der Waals surface area contributed by atoms with E-state index in [1.807, 2.05) is 19.1 Å². The van der Waals surface area contributed by atoms with Crippen LogP contribution in [0.25, 0.3) is 0 Å². The van der Waals surface area contributed by atoms with Crippen molar-refractivity contribution in [2.75, 3.05) is 33.3 Å². The van der Waals surface area contributed by atoms with Crippen LogP contribution in [0.15, 0.2) is 29.6 Å². The Bertz CT molecular complexity index is 713. The summed E-state index contributed by atoms with van der Waals surface area (Å²) in [5, 5.41) is 13.6. The van der Waals surface area contributed by atoms with E-state index in [1.165, 1.54) is 31.2 Å². The number of likely N-dealkylation sites (tertiary alicyclic amines) is 1. The van der Waals surface area contributed by atoms with Crippen LogP contribution >= 0.6 is 11.3 Å². The van der Waals surface area contributed by atoms with Gasteiger partial charge in [-0.25, -0.2) is 4.98 Å². The molecule has 0 aliphatic carbocycles. The highest BCUT2D eigenvalue weighted by atomic mass is 32.1. The van der Waals surface area contributed by atoms with Gasteiger partial charge in [0.25, 0.3) is 0 Å². The molecule has 1 aliphatic rings. The van der Waals surface area contributed by atoms with Crippen molar-refractivity contribution in [1.29, 1.82) is 0 Å². The summed E-state index contributed by atoms with van der Waals surface area (Å²) >= 11 is 1.69.